The Morgan fingerprint density at radius 2 is 1.86 bits per heavy atom. The van der Waals surface area contributed by atoms with Gasteiger partial charge < -0.3 is 24.6 Å². The number of piperazine rings is 1. The second-order valence-corrected chi connectivity index (χ2v) is 6.47. The van der Waals surface area contributed by atoms with Crippen LogP contribution in [-0.4, -0.2) is 77.1 Å². The Balaban J connectivity index is 0.00000392. The van der Waals surface area contributed by atoms with E-state index in [-0.39, 0.29) is 29.8 Å². The maximum atomic E-state index is 14.0. The summed E-state index contributed by atoms with van der Waals surface area (Å²) in [5.41, 5.74) is 0.688. The summed E-state index contributed by atoms with van der Waals surface area (Å²) in [4.78, 5) is 9.11. The van der Waals surface area contributed by atoms with Gasteiger partial charge in [0.2, 0.25) is 0 Å². The van der Waals surface area contributed by atoms with Crippen molar-refractivity contribution in [3.63, 3.8) is 0 Å². The van der Waals surface area contributed by atoms with Crippen LogP contribution in [0, 0.1) is 5.82 Å². The molecule has 1 aromatic carbocycles. The number of rotatable bonds is 10. The highest BCUT2D eigenvalue weighted by Crippen LogP contribution is 2.20. The minimum Gasteiger partial charge on any atom is -0.382 e. The summed E-state index contributed by atoms with van der Waals surface area (Å²) >= 11 is 0. The molecule has 1 heterocycles. The van der Waals surface area contributed by atoms with Crippen molar-refractivity contribution in [3.8, 4) is 0 Å². The molecule has 160 valence electrons. The van der Waals surface area contributed by atoms with Crippen LogP contribution in [-0.2, 0) is 9.47 Å². The Hall–Kier alpha value is -1.13. The SMILES string of the molecule is CCNC(=NCCCCOCCOC)N1CCN(c2ccccc2F)CC1.I. The second-order valence-electron chi connectivity index (χ2n) is 6.47. The molecule has 8 heteroatoms. The van der Waals surface area contributed by atoms with Crippen molar-refractivity contribution in [2.75, 3.05) is 71.1 Å². The quantitative estimate of drug-likeness (QED) is 0.228. The number of nitrogens with one attached hydrogen (secondary N) is 1. The van der Waals surface area contributed by atoms with Crippen LogP contribution in [0.1, 0.15) is 19.8 Å². The van der Waals surface area contributed by atoms with Crippen LogP contribution >= 0.6 is 24.0 Å². The number of para-hydroxylation sites is 1. The summed E-state index contributed by atoms with van der Waals surface area (Å²) in [7, 11) is 1.68. The average Bonchev–Trinajstić information content (AvgIpc) is 2.70. The number of anilines is 1. The molecule has 28 heavy (non-hydrogen) atoms. The molecule has 0 atom stereocenters. The van der Waals surface area contributed by atoms with Crippen molar-refractivity contribution in [1.82, 2.24) is 10.2 Å². The van der Waals surface area contributed by atoms with Crippen LogP contribution in [0.2, 0.25) is 0 Å². The third kappa shape index (κ3) is 8.48. The molecule has 1 fully saturated rings. The lowest BCUT2D eigenvalue weighted by Gasteiger charge is -2.37. The van der Waals surface area contributed by atoms with Gasteiger partial charge in [0.25, 0.3) is 0 Å². The molecular formula is C20H34FIN4O2. The van der Waals surface area contributed by atoms with Gasteiger partial charge in [0.15, 0.2) is 5.96 Å². The predicted molar refractivity (Wildman–Crippen MR) is 124 cm³/mol. The van der Waals surface area contributed by atoms with Gasteiger partial charge in [-0.05, 0) is 31.9 Å². The van der Waals surface area contributed by atoms with Crippen molar-refractivity contribution < 1.29 is 13.9 Å². The molecule has 0 radical (unpaired) electrons. The molecule has 1 aliphatic rings. The number of ether oxygens (including phenoxy) is 2. The molecule has 0 aromatic heterocycles. The first-order chi connectivity index (χ1) is 13.3. The van der Waals surface area contributed by atoms with Gasteiger partial charge in [-0.2, -0.15) is 0 Å². The van der Waals surface area contributed by atoms with E-state index in [4.69, 9.17) is 14.5 Å². The number of hydrogen-bond donors (Lipinski definition) is 1. The first kappa shape index (κ1) is 24.9. The predicted octanol–water partition coefficient (Wildman–Crippen LogP) is 2.97. The first-order valence-corrected chi connectivity index (χ1v) is 9.85. The Labute approximate surface area is 185 Å². The summed E-state index contributed by atoms with van der Waals surface area (Å²) in [5.74, 6) is 0.797. The van der Waals surface area contributed by atoms with Gasteiger partial charge >= 0.3 is 0 Å². The molecule has 1 N–H and O–H groups in total. The van der Waals surface area contributed by atoms with Gasteiger partial charge in [0.1, 0.15) is 5.82 Å². The molecule has 2 rings (SSSR count). The highest BCUT2D eigenvalue weighted by Gasteiger charge is 2.21. The van der Waals surface area contributed by atoms with Gasteiger partial charge in [-0.15, -0.1) is 24.0 Å². The fraction of sp³-hybridized carbons (Fsp3) is 0.650. The Kier molecular flexibility index (Phi) is 13.2. The van der Waals surface area contributed by atoms with Gasteiger partial charge in [-0.25, -0.2) is 4.39 Å². The maximum absolute atomic E-state index is 14.0. The van der Waals surface area contributed by atoms with Crippen LogP contribution in [0.5, 0.6) is 0 Å². The summed E-state index contributed by atoms with van der Waals surface area (Å²) < 4.78 is 24.4. The zero-order valence-corrected chi connectivity index (χ0v) is 19.4. The molecule has 1 aromatic rings. The number of halogens is 2. The number of nitrogens with zero attached hydrogens (tertiary/aromatic N) is 3. The lowest BCUT2D eigenvalue weighted by Crippen LogP contribution is -2.52. The van der Waals surface area contributed by atoms with Crippen molar-refractivity contribution in [1.29, 1.82) is 0 Å². The van der Waals surface area contributed by atoms with Crippen LogP contribution in [0.3, 0.4) is 0 Å². The first-order valence-electron chi connectivity index (χ1n) is 9.85. The molecule has 1 saturated heterocycles. The number of hydrogen-bond acceptors (Lipinski definition) is 4. The zero-order valence-electron chi connectivity index (χ0n) is 17.0. The molecule has 0 amide bonds. The van der Waals surface area contributed by atoms with Gasteiger partial charge in [-0.3, -0.25) is 4.99 Å². The van der Waals surface area contributed by atoms with Gasteiger partial charge in [0.05, 0.1) is 18.9 Å². The molecule has 1 aliphatic heterocycles. The number of aliphatic imine (C=N–C) groups is 1. The van der Waals surface area contributed by atoms with E-state index in [0.717, 1.165) is 64.7 Å². The highest BCUT2D eigenvalue weighted by molar-refractivity contribution is 14.0. The standard InChI is InChI=1S/C20H33FN4O2.HI/c1-3-22-20(23-10-6-7-15-27-17-16-26-2)25-13-11-24(12-14-25)19-9-5-4-8-18(19)21;/h4-5,8-9H,3,6-7,10-17H2,1-2H3,(H,22,23);1H. The van der Waals surface area contributed by atoms with Crippen LogP contribution < -0.4 is 10.2 Å². The van der Waals surface area contributed by atoms with Crippen molar-refractivity contribution in [2.45, 2.75) is 19.8 Å². The van der Waals surface area contributed by atoms with E-state index in [0.29, 0.717) is 18.9 Å². The molecule has 0 saturated carbocycles. The van der Waals surface area contributed by atoms with E-state index in [1.54, 1.807) is 13.2 Å². The highest BCUT2D eigenvalue weighted by atomic mass is 127. The molecule has 0 aliphatic carbocycles. The zero-order chi connectivity index (χ0) is 19.3. The number of benzene rings is 1. The lowest BCUT2D eigenvalue weighted by atomic mass is 10.2. The summed E-state index contributed by atoms with van der Waals surface area (Å²) in [6.45, 7) is 8.98. The summed E-state index contributed by atoms with van der Waals surface area (Å²) in [6, 6.07) is 6.98. The maximum Gasteiger partial charge on any atom is 0.194 e. The topological polar surface area (TPSA) is 49.3 Å². The fourth-order valence-corrected chi connectivity index (χ4v) is 3.04. The van der Waals surface area contributed by atoms with Crippen molar-refractivity contribution in [3.05, 3.63) is 30.1 Å². The van der Waals surface area contributed by atoms with E-state index < -0.39 is 0 Å². The van der Waals surface area contributed by atoms with Gasteiger partial charge in [-0.1, -0.05) is 12.1 Å². The third-order valence-electron chi connectivity index (χ3n) is 4.50. The number of methoxy groups -OCH3 is 1. The van der Waals surface area contributed by atoms with E-state index in [2.05, 4.69) is 22.0 Å². The van der Waals surface area contributed by atoms with Gasteiger partial charge in [0, 0.05) is 53.0 Å². The van der Waals surface area contributed by atoms with E-state index in [1.807, 2.05) is 12.1 Å². The molecule has 0 spiro atoms. The third-order valence-corrected chi connectivity index (χ3v) is 4.50. The van der Waals surface area contributed by atoms with Crippen molar-refractivity contribution in [2.24, 2.45) is 4.99 Å². The number of unbranched alkanes of at least 4 members (excludes halogenated alkanes) is 1. The largest absolute Gasteiger partial charge is 0.382 e. The Morgan fingerprint density at radius 1 is 1.11 bits per heavy atom. The van der Waals surface area contributed by atoms with E-state index in [9.17, 15) is 4.39 Å². The summed E-state index contributed by atoms with van der Waals surface area (Å²) in [5, 5.41) is 3.37. The molecule has 0 bridgehead atoms. The minimum absolute atomic E-state index is 0. The normalized spacial score (nSPS) is 14.8. The van der Waals surface area contributed by atoms with Crippen LogP contribution in [0.25, 0.3) is 0 Å². The van der Waals surface area contributed by atoms with E-state index >= 15 is 0 Å². The Morgan fingerprint density at radius 3 is 2.54 bits per heavy atom. The molecular weight excluding hydrogens is 474 g/mol. The monoisotopic (exact) mass is 508 g/mol. The molecule has 6 nitrogen and oxygen atoms in total. The smallest absolute Gasteiger partial charge is 0.194 e. The molecule has 0 unspecified atom stereocenters. The fourth-order valence-electron chi connectivity index (χ4n) is 3.04. The average molecular weight is 508 g/mol. The Bertz CT molecular complexity index is 569. The lowest BCUT2D eigenvalue weighted by molar-refractivity contribution is 0.0690. The minimum atomic E-state index is -0.153. The van der Waals surface area contributed by atoms with E-state index in [1.165, 1.54) is 6.07 Å². The number of guanidine groups is 1. The summed E-state index contributed by atoms with van der Waals surface area (Å²) in [6.07, 6.45) is 1.99. The van der Waals surface area contributed by atoms with Crippen LogP contribution in [0.15, 0.2) is 29.3 Å². The second kappa shape index (κ2) is 14.8. The van der Waals surface area contributed by atoms with Crippen LogP contribution in [0.4, 0.5) is 10.1 Å². The van der Waals surface area contributed by atoms with Crippen molar-refractivity contribution >= 4 is 35.6 Å².